The van der Waals surface area contributed by atoms with E-state index in [0.29, 0.717) is 12.7 Å². The van der Waals surface area contributed by atoms with Crippen molar-refractivity contribution in [1.29, 1.82) is 0 Å². The Balaban J connectivity index is 2.28. The monoisotopic (exact) mass is 416 g/mol. The molecule has 12 heteroatoms. The van der Waals surface area contributed by atoms with Crippen LogP contribution in [0.25, 0.3) is 0 Å². The van der Waals surface area contributed by atoms with Gasteiger partial charge in [-0.1, -0.05) is 0 Å². The third kappa shape index (κ3) is 5.35. The van der Waals surface area contributed by atoms with Crippen molar-refractivity contribution in [2.75, 3.05) is 12.8 Å². The van der Waals surface area contributed by atoms with Gasteiger partial charge in [0, 0.05) is 19.4 Å². The maximum atomic E-state index is 13.0. The molecule has 2 saturated heterocycles. The SMILES string of the molecule is CC(=O)CC(C=O)NC(=O)C1CCCN2C(=O)CCC(NS(C)(=O)=O)C(=O)N12. The largest absolute Gasteiger partial charge is 0.344 e. The Hall–Kier alpha value is -2.34. The highest BCUT2D eigenvalue weighted by atomic mass is 32.2. The summed E-state index contributed by atoms with van der Waals surface area (Å²) in [5.74, 6) is -2.06. The normalized spacial score (nSPS) is 24.2. The van der Waals surface area contributed by atoms with E-state index in [4.69, 9.17) is 0 Å². The van der Waals surface area contributed by atoms with Crippen LogP contribution in [0.3, 0.4) is 0 Å². The molecule has 156 valence electrons. The number of Topliss-reactive ketones (excluding diaryl/α,β-unsaturated/α-hetero) is 1. The van der Waals surface area contributed by atoms with E-state index in [1.165, 1.54) is 11.9 Å². The smallest absolute Gasteiger partial charge is 0.260 e. The average molecular weight is 416 g/mol. The van der Waals surface area contributed by atoms with Gasteiger partial charge in [-0.2, -0.15) is 0 Å². The topological polar surface area (TPSA) is 150 Å². The lowest BCUT2D eigenvalue weighted by Crippen LogP contribution is -2.64. The fourth-order valence-electron chi connectivity index (χ4n) is 3.36. The van der Waals surface area contributed by atoms with Gasteiger partial charge < -0.3 is 10.1 Å². The van der Waals surface area contributed by atoms with Crippen LogP contribution in [-0.4, -0.2) is 79.2 Å². The van der Waals surface area contributed by atoms with Crippen LogP contribution < -0.4 is 10.0 Å². The van der Waals surface area contributed by atoms with Crippen LogP contribution in [0.1, 0.15) is 39.0 Å². The minimum Gasteiger partial charge on any atom is -0.344 e. The minimum absolute atomic E-state index is 0.0205. The fourth-order valence-corrected chi connectivity index (χ4v) is 4.10. The van der Waals surface area contributed by atoms with Gasteiger partial charge >= 0.3 is 0 Å². The van der Waals surface area contributed by atoms with Crippen LogP contribution in [0.2, 0.25) is 0 Å². The summed E-state index contributed by atoms with van der Waals surface area (Å²) in [7, 11) is -3.71. The van der Waals surface area contributed by atoms with Crippen LogP contribution in [-0.2, 0) is 34.0 Å². The zero-order valence-electron chi connectivity index (χ0n) is 15.7. The van der Waals surface area contributed by atoms with Gasteiger partial charge in [0.1, 0.15) is 24.2 Å². The lowest BCUT2D eigenvalue weighted by atomic mass is 10.0. The number of aldehydes is 1. The molecule has 28 heavy (non-hydrogen) atoms. The number of hydrogen-bond donors (Lipinski definition) is 2. The second-order valence-corrected chi connectivity index (χ2v) is 8.78. The van der Waals surface area contributed by atoms with E-state index in [1.54, 1.807) is 0 Å². The quantitative estimate of drug-likeness (QED) is 0.460. The van der Waals surface area contributed by atoms with Gasteiger partial charge in [-0.25, -0.2) is 18.1 Å². The second kappa shape index (κ2) is 8.78. The zero-order valence-corrected chi connectivity index (χ0v) is 16.5. The van der Waals surface area contributed by atoms with E-state index in [9.17, 15) is 32.4 Å². The van der Waals surface area contributed by atoms with Crippen molar-refractivity contribution in [1.82, 2.24) is 20.1 Å². The first-order valence-corrected chi connectivity index (χ1v) is 10.8. The van der Waals surface area contributed by atoms with E-state index in [2.05, 4.69) is 10.0 Å². The highest BCUT2D eigenvalue weighted by Gasteiger charge is 2.45. The van der Waals surface area contributed by atoms with Gasteiger partial charge in [-0.15, -0.1) is 0 Å². The maximum Gasteiger partial charge on any atom is 0.260 e. The lowest BCUT2D eigenvalue weighted by Gasteiger charge is -2.43. The Morgan fingerprint density at radius 2 is 1.96 bits per heavy atom. The Morgan fingerprint density at radius 3 is 2.54 bits per heavy atom. The maximum absolute atomic E-state index is 13.0. The van der Waals surface area contributed by atoms with Crippen molar-refractivity contribution in [3.63, 3.8) is 0 Å². The van der Waals surface area contributed by atoms with E-state index in [0.717, 1.165) is 11.3 Å². The number of rotatable bonds is 7. The molecule has 2 fully saturated rings. The zero-order chi connectivity index (χ0) is 21.1. The van der Waals surface area contributed by atoms with Gasteiger partial charge in [-0.05, 0) is 26.2 Å². The molecular formula is C16H24N4O7S. The third-order valence-electron chi connectivity index (χ3n) is 4.52. The average Bonchev–Trinajstić information content (AvgIpc) is 2.71. The molecule has 2 N–H and O–H groups in total. The number of hydrogen-bond acceptors (Lipinski definition) is 7. The molecule has 0 radical (unpaired) electrons. The molecule has 2 aliphatic rings. The molecule has 2 heterocycles. The summed E-state index contributed by atoms with van der Waals surface area (Å²) in [5.41, 5.74) is 0. The van der Waals surface area contributed by atoms with Gasteiger partial charge in [0.15, 0.2) is 0 Å². The summed E-state index contributed by atoms with van der Waals surface area (Å²) in [4.78, 5) is 60.4. The van der Waals surface area contributed by atoms with E-state index >= 15 is 0 Å². The molecule has 3 atom stereocenters. The second-order valence-electron chi connectivity index (χ2n) is 7.00. The summed E-state index contributed by atoms with van der Waals surface area (Å²) in [5, 5.41) is 4.58. The number of nitrogens with zero attached hydrogens (tertiary/aromatic N) is 2. The predicted octanol–water partition coefficient (Wildman–Crippen LogP) is -1.90. The predicted molar refractivity (Wildman–Crippen MR) is 95.9 cm³/mol. The first kappa shape index (κ1) is 22.0. The summed E-state index contributed by atoms with van der Waals surface area (Å²) in [6, 6.07) is -3.29. The fraction of sp³-hybridized carbons (Fsp3) is 0.688. The molecule has 0 aromatic carbocycles. The van der Waals surface area contributed by atoms with Crippen molar-refractivity contribution < 1.29 is 32.4 Å². The van der Waals surface area contributed by atoms with Gasteiger partial charge in [0.05, 0.1) is 12.3 Å². The molecule has 0 aromatic rings. The van der Waals surface area contributed by atoms with Crippen molar-refractivity contribution in [3.8, 4) is 0 Å². The van der Waals surface area contributed by atoms with Crippen LogP contribution in [0, 0.1) is 0 Å². The Morgan fingerprint density at radius 1 is 1.29 bits per heavy atom. The summed E-state index contributed by atoms with van der Waals surface area (Å²) in [6.45, 7) is 1.51. The third-order valence-corrected chi connectivity index (χ3v) is 5.23. The number of amides is 3. The molecule has 3 unspecified atom stereocenters. The number of carbonyl (C=O) groups excluding carboxylic acids is 5. The highest BCUT2D eigenvalue weighted by Crippen LogP contribution is 2.25. The number of hydrazine groups is 1. The first-order valence-electron chi connectivity index (χ1n) is 8.89. The molecule has 0 aliphatic carbocycles. The Labute approximate surface area is 162 Å². The van der Waals surface area contributed by atoms with Crippen molar-refractivity contribution in [3.05, 3.63) is 0 Å². The number of ketones is 1. The molecular weight excluding hydrogens is 392 g/mol. The minimum atomic E-state index is -3.71. The van der Waals surface area contributed by atoms with Crippen LogP contribution in [0.4, 0.5) is 0 Å². The molecule has 0 aromatic heterocycles. The van der Waals surface area contributed by atoms with E-state index in [1.807, 2.05) is 0 Å². The molecule has 3 amide bonds. The van der Waals surface area contributed by atoms with Crippen molar-refractivity contribution in [2.24, 2.45) is 0 Å². The number of sulfonamides is 1. The molecule has 11 nitrogen and oxygen atoms in total. The number of fused-ring (bicyclic) bond motifs is 1. The van der Waals surface area contributed by atoms with Crippen LogP contribution >= 0.6 is 0 Å². The van der Waals surface area contributed by atoms with E-state index < -0.39 is 40.0 Å². The van der Waals surface area contributed by atoms with Gasteiger partial charge in [0.25, 0.3) is 5.91 Å². The standard InChI is InChI=1S/C16H24N4O7S/c1-10(22)8-11(9-21)17-15(24)13-4-3-7-19-14(23)6-5-12(16(25)20(13)19)18-28(2,26)27/h9,11-13,18H,3-8H2,1-2H3,(H,17,24). The van der Waals surface area contributed by atoms with Gasteiger partial charge in [0.2, 0.25) is 21.8 Å². The summed E-state index contributed by atoms with van der Waals surface area (Å²) in [6.07, 6.45) is 1.77. The number of carbonyl (C=O) groups is 5. The lowest BCUT2D eigenvalue weighted by molar-refractivity contribution is -0.176. The van der Waals surface area contributed by atoms with Gasteiger partial charge in [-0.3, -0.25) is 24.2 Å². The first-order chi connectivity index (χ1) is 13.0. The number of nitrogens with one attached hydrogen (secondary N) is 2. The van der Waals surface area contributed by atoms with Crippen molar-refractivity contribution in [2.45, 2.75) is 57.2 Å². The molecule has 2 aliphatic heterocycles. The van der Waals surface area contributed by atoms with Crippen LogP contribution in [0.5, 0.6) is 0 Å². The highest BCUT2D eigenvalue weighted by molar-refractivity contribution is 7.88. The molecule has 0 bridgehead atoms. The molecule has 0 spiro atoms. The Kier molecular flexibility index (Phi) is 6.88. The van der Waals surface area contributed by atoms with E-state index in [-0.39, 0.29) is 43.9 Å². The molecule has 2 rings (SSSR count). The summed E-state index contributed by atoms with van der Waals surface area (Å²) < 4.78 is 25.4. The Bertz CT molecular complexity index is 782. The molecule has 0 saturated carbocycles. The summed E-state index contributed by atoms with van der Waals surface area (Å²) >= 11 is 0. The van der Waals surface area contributed by atoms with Crippen molar-refractivity contribution >= 4 is 39.8 Å². The van der Waals surface area contributed by atoms with Crippen LogP contribution in [0.15, 0.2) is 0 Å².